The summed E-state index contributed by atoms with van der Waals surface area (Å²) in [5.74, 6) is 2.16. The fourth-order valence-corrected chi connectivity index (χ4v) is 6.25. The number of fused-ring (bicyclic) bond motifs is 1. The van der Waals surface area contributed by atoms with E-state index in [1.54, 1.807) is 11.9 Å². The predicted molar refractivity (Wildman–Crippen MR) is 132 cm³/mol. The molecule has 1 aromatic carbocycles. The normalized spacial score (nSPS) is 27.8. The highest BCUT2D eigenvalue weighted by Gasteiger charge is 2.35. The molecule has 172 valence electrons. The molecule has 2 heterocycles. The molecule has 0 amide bonds. The Morgan fingerprint density at radius 1 is 0.969 bits per heavy atom. The molecule has 2 aromatic rings. The number of ether oxygens (including phenoxy) is 1. The van der Waals surface area contributed by atoms with Crippen LogP contribution < -0.4 is 10.3 Å². The third-order valence-corrected chi connectivity index (χ3v) is 8.34. The van der Waals surface area contributed by atoms with Crippen molar-refractivity contribution in [1.29, 1.82) is 0 Å². The number of aromatic nitrogens is 1. The van der Waals surface area contributed by atoms with Crippen LogP contribution in [0.25, 0.3) is 0 Å². The van der Waals surface area contributed by atoms with Crippen molar-refractivity contribution in [2.75, 3.05) is 12.4 Å². The average Bonchev–Trinajstić information content (AvgIpc) is 3.68. The number of benzene rings is 1. The molecule has 0 saturated heterocycles. The van der Waals surface area contributed by atoms with Crippen molar-refractivity contribution in [3.05, 3.63) is 69.6 Å². The van der Waals surface area contributed by atoms with Crippen LogP contribution in [0.1, 0.15) is 86.6 Å². The Balaban J connectivity index is 1.28. The fourth-order valence-electron chi connectivity index (χ4n) is 5.60. The van der Waals surface area contributed by atoms with Crippen molar-refractivity contribution in [2.45, 2.75) is 88.3 Å². The van der Waals surface area contributed by atoms with Crippen molar-refractivity contribution >= 4 is 11.9 Å². The molecule has 0 radical (unpaired) electrons. The Labute approximate surface area is 196 Å². The SMILES string of the molecule is CCSNC1CCc2ccc(C3CC3)c(=O)n2C1COC1CCC(c2ccccc2)CC1. The van der Waals surface area contributed by atoms with Crippen molar-refractivity contribution in [1.82, 2.24) is 9.29 Å². The molecule has 1 N–H and O–H groups in total. The van der Waals surface area contributed by atoms with E-state index in [2.05, 4.69) is 58.7 Å². The van der Waals surface area contributed by atoms with E-state index in [4.69, 9.17) is 4.74 Å². The molecule has 2 unspecified atom stereocenters. The minimum atomic E-state index is 0.0795. The van der Waals surface area contributed by atoms with Crippen LogP contribution in [0.3, 0.4) is 0 Å². The van der Waals surface area contributed by atoms with Gasteiger partial charge < -0.3 is 9.30 Å². The molecule has 1 aliphatic heterocycles. The van der Waals surface area contributed by atoms with Gasteiger partial charge in [-0.15, -0.1) is 0 Å². The van der Waals surface area contributed by atoms with Crippen LogP contribution in [-0.4, -0.2) is 29.1 Å². The van der Waals surface area contributed by atoms with Gasteiger partial charge in [0.15, 0.2) is 0 Å². The van der Waals surface area contributed by atoms with Crippen molar-refractivity contribution in [3.63, 3.8) is 0 Å². The maximum absolute atomic E-state index is 13.4. The molecule has 4 nitrogen and oxygen atoms in total. The molecule has 5 heteroatoms. The largest absolute Gasteiger partial charge is 0.376 e. The van der Waals surface area contributed by atoms with E-state index >= 15 is 0 Å². The second kappa shape index (κ2) is 10.1. The van der Waals surface area contributed by atoms with Crippen LogP contribution in [0.5, 0.6) is 0 Å². The Morgan fingerprint density at radius 2 is 1.72 bits per heavy atom. The van der Waals surface area contributed by atoms with E-state index in [1.165, 1.54) is 24.1 Å². The molecule has 2 atom stereocenters. The zero-order chi connectivity index (χ0) is 21.9. The van der Waals surface area contributed by atoms with Gasteiger partial charge in [-0.3, -0.25) is 9.52 Å². The number of pyridine rings is 1. The first-order valence-corrected chi connectivity index (χ1v) is 13.5. The van der Waals surface area contributed by atoms with Crippen molar-refractivity contribution in [3.8, 4) is 0 Å². The number of aryl methyl sites for hydroxylation is 1. The van der Waals surface area contributed by atoms with Crippen LogP contribution in [0.2, 0.25) is 0 Å². The molecule has 5 rings (SSSR count). The van der Waals surface area contributed by atoms with Gasteiger partial charge in [0.25, 0.3) is 5.56 Å². The number of nitrogens with zero attached hydrogens (tertiary/aromatic N) is 1. The predicted octanol–water partition coefficient (Wildman–Crippen LogP) is 5.58. The summed E-state index contributed by atoms with van der Waals surface area (Å²) in [6.07, 6.45) is 9.24. The third kappa shape index (κ3) is 4.85. The maximum Gasteiger partial charge on any atom is 0.254 e. The van der Waals surface area contributed by atoms with E-state index in [9.17, 15) is 4.79 Å². The van der Waals surface area contributed by atoms with E-state index in [0.29, 0.717) is 24.5 Å². The van der Waals surface area contributed by atoms with Gasteiger partial charge in [-0.1, -0.05) is 55.3 Å². The summed E-state index contributed by atoms with van der Waals surface area (Å²) >= 11 is 1.76. The molecule has 2 aliphatic carbocycles. The third-order valence-electron chi connectivity index (χ3n) is 7.58. The average molecular weight is 453 g/mol. The molecule has 1 aromatic heterocycles. The lowest BCUT2D eigenvalue weighted by atomic mass is 9.83. The quantitative estimate of drug-likeness (QED) is 0.531. The minimum absolute atomic E-state index is 0.0795. The summed E-state index contributed by atoms with van der Waals surface area (Å²) in [4.78, 5) is 13.4. The van der Waals surface area contributed by atoms with Gasteiger partial charge >= 0.3 is 0 Å². The van der Waals surface area contributed by atoms with E-state index in [1.807, 2.05) is 0 Å². The summed E-state index contributed by atoms with van der Waals surface area (Å²) in [7, 11) is 0. The number of hydrogen-bond donors (Lipinski definition) is 1. The lowest BCUT2D eigenvalue weighted by Crippen LogP contribution is -2.47. The van der Waals surface area contributed by atoms with Crippen LogP contribution in [0, 0.1) is 0 Å². The summed E-state index contributed by atoms with van der Waals surface area (Å²) in [5, 5.41) is 0. The van der Waals surface area contributed by atoms with Gasteiger partial charge in [0.05, 0.1) is 18.8 Å². The second-order valence-corrected chi connectivity index (χ2v) is 10.8. The molecular weight excluding hydrogens is 416 g/mol. The summed E-state index contributed by atoms with van der Waals surface area (Å²) < 4.78 is 12.3. The topological polar surface area (TPSA) is 43.3 Å². The summed E-state index contributed by atoms with van der Waals surface area (Å²) in [6, 6.07) is 15.6. The van der Waals surface area contributed by atoms with Crippen LogP contribution >= 0.6 is 11.9 Å². The highest BCUT2D eigenvalue weighted by Crippen LogP contribution is 2.39. The van der Waals surface area contributed by atoms with E-state index in [0.717, 1.165) is 49.8 Å². The van der Waals surface area contributed by atoms with Gasteiger partial charge in [-0.05, 0) is 74.8 Å². The first-order chi connectivity index (χ1) is 15.7. The van der Waals surface area contributed by atoms with Crippen molar-refractivity contribution < 1.29 is 4.74 Å². The van der Waals surface area contributed by atoms with Crippen molar-refractivity contribution in [2.24, 2.45) is 0 Å². The zero-order valence-corrected chi connectivity index (χ0v) is 20.0. The first-order valence-electron chi connectivity index (χ1n) is 12.5. The number of rotatable bonds is 8. The monoisotopic (exact) mass is 452 g/mol. The molecular formula is C27H36N2O2S. The van der Waals surface area contributed by atoms with E-state index < -0.39 is 0 Å². The first kappa shape index (κ1) is 22.2. The highest BCUT2D eigenvalue weighted by molar-refractivity contribution is 7.97. The second-order valence-electron chi connectivity index (χ2n) is 9.71. The standard InChI is InChI=1S/C27H36N2O2S/c1-2-32-28-25-17-13-22-12-16-24(21-8-9-21)27(30)29(22)26(25)18-31-23-14-10-20(11-15-23)19-6-4-3-5-7-19/h3-7,12,16,20-21,23,25-26,28H,2,8-11,13-15,17-18H2,1H3. The highest BCUT2D eigenvalue weighted by atomic mass is 32.2. The lowest BCUT2D eigenvalue weighted by Gasteiger charge is -2.37. The number of hydrogen-bond acceptors (Lipinski definition) is 4. The molecule has 0 spiro atoms. The van der Waals surface area contributed by atoms with Crippen LogP contribution in [-0.2, 0) is 11.2 Å². The Bertz CT molecular complexity index is 948. The Kier molecular flexibility index (Phi) is 7.05. The van der Waals surface area contributed by atoms with E-state index in [-0.39, 0.29) is 17.6 Å². The van der Waals surface area contributed by atoms with Crippen LogP contribution in [0.15, 0.2) is 47.3 Å². The fraction of sp³-hybridized carbons (Fsp3) is 0.593. The zero-order valence-electron chi connectivity index (χ0n) is 19.2. The minimum Gasteiger partial charge on any atom is -0.376 e. The van der Waals surface area contributed by atoms with Gasteiger partial charge in [0.2, 0.25) is 0 Å². The molecule has 2 saturated carbocycles. The molecule has 3 aliphatic rings. The Morgan fingerprint density at radius 3 is 2.44 bits per heavy atom. The summed E-state index contributed by atoms with van der Waals surface area (Å²) in [6.45, 7) is 2.80. The smallest absolute Gasteiger partial charge is 0.254 e. The van der Waals surface area contributed by atoms with Gasteiger partial charge in [-0.25, -0.2) is 0 Å². The Hall–Kier alpha value is -1.56. The lowest BCUT2D eigenvalue weighted by molar-refractivity contribution is -0.00154. The molecule has 0 bridgehead atoms. The molecule has 2 fully saturated rings. The van der Waals surface area contributed by atoms with Gasteiger partial charge in [-0.2, -0.15) is 0 Å². The van der Waals surface area contributed by atoms with Crippen LogP contribution in [0.4, 0.5) is 0 Å². The molecule has 32 heavy (non-hydrogen) atoms. The van der Waals surface area contributed by atoms with Gasteiger partial charge in [0, 0.05) is 23.1 Å². The summed E-state index contributed by atoms with van der Waals surface area (Å²) in [5.41, 5.74) is 3.90. The number of nitrogens with one attached hydrogen (secondary N) is 1. The maximum atomic E-state index is 13.4. The van der Waals surface area contributed by atoms with Gasteiger partial charge in [0.1, 0.15) is 0 Å².